The van der Waals surface area contributed by atoms with E-state index in [0.29, 0.717) is 45.6 Å². The fraction of sp³-hybridized carbons (Fsp3) is 0.579. The molecule has 0 saturated carbocycles. The third-order valence-corrected chi connectivity index (χ3v) is 4.65. The van der Waals surface area contributed by atoms with E-state index >= 15 is 0 Å². The molecule has 0 bridgehead atoms. The Morgan fingerprint density at radius 1 is 1.26 bits per heavy atom. The first kappa shape index (κ1) is 20.7. The van der Waals surface area contributed by atoms with E-state index in [1.165, 1.54) is 6.92 Å². The smallest absolute Gasteiger partial charge is 0.409 e. The topological polar surface area (TPSA) is 91.8 Å². The number of nitrogens with zero attached hydrogens (tertiary/aromatic N) is 3. The van der Waals surface area contributed by atoms with Crippen LogP contribution in [0.1, 0.15) is 38.7 Å². The average Bonchev–Trinajstić information content (AvgIpc) is 2.68. The molecule has 0 aromatic carbocycles. The molecular formula is C19H28N4O4. The molecule has 0 radical (unpaired) electrons. The van der Waals surface area contributed by atoms with Gasteiger partial charge in [0.25, 0.3) is 0 Å². The van der Waals surface area contributed by atoms with Crippen LogP contribution in [0.3, 0.4) is 0 Å². The van der Waals surface area contributed by atoms with Crippen molar-refractivity contribution in [3.05, 3.63) is 30.1 Å². The Morgan fingerprint density at radius 2 is 1.93 bits per heavy atom. The standard InChI is InChI=1S/C19H28N4O4/c1-3-27-19(26)22-11-6-17(7-12-22)23(15(2)24)13-8-18(25)21-14-16-4-9-20-10-5-16/h4-5,9-10,17H,3,6-8,11-14H2,1-2H3,(H,21,25). The summed E-state index contributed by atoms with van der Waals surface area (Å²) in [6, 6.07) is 3.74. The summed E-state index contributed by atoms with van der Waals surface area (Å²) in [5.41, 5.74) is 0.980. The van der Waals surface area contributed by atoms with Gasteiger partial charge in [-0.3, -0.25) is 14.6 Å². The molecule has 2 heterocycles. The van der Waals surface area contributed by atoms with Gasteiger partial charge in [-0.15, -0.1) is 0 Å². The highest BCUT2D eigenvalue weighted by Gasteiger charge is 2.28. The van der Waals surface area contributed by atoms with E-state index in [9.17, 15) is 14.4 Å². The number of amides is 3. The zero-order valence-electron chi connectivity index (χ0n) is 16.0. The predicted octanol–water partition coefficient (Wildman–Crippen LogP) is 1.56. The first-order valence-electron chi connectivity index (χ1n) is 9.35. The molecule has 0 atom stereocenters. The normalized spacial score (nSPS) is 14.5. The number of nitrogens with one attached hydrogen (secondary N) is 1. The van der Waals surface area contributed by atoms with Crippen LogP contribution in [0.25, 0.3) is 0 Å². The SMILES string of the molecule is CCOC(=O)N1CCC(N(CCC(=O)NCc2ccncc2)C(C)=O)CC1. The maximum absolute atomic E-state index is 12.1. The van der Waals surface area contributed by atoms with Gasteiger partial charge in [0.15, 0.2) is 0 Å². The van der Waals surface area contributed by atoms with Crippen LogP contribution in [0, 0.1) is 0 Å². The summed E-state index contributed by atoms with van der Waals surface area (Å²) in [5.74, 6) is -0.145. The van der Waals surface area contributed by atoms with Crippen molar-refractivity contribution in [1.82, 2.24) is 20.1 Å². The van der Waals surface area contributed by atoms with Gasteiger partial charge in [0.2, 0.25) is 11.8 Å². The Labute approximate surface area is 159 Å². The zero-order valence-corrected chi connectivity index (χ0v) is 16.0. The van der Waals surface area contributed by atoms with E-state index in [-0.39, 0.29) is 30.4 Å². The highest BCUT2D eigenvalue weighted by atomic mass is 16.6. The van der Waals surface area contributed by atoms with E-state index in [2.05, 4.69) is 10.3 Å². The Kier molecular flexibility index (Phi) is 8.03. The number of pyridine rings is 1. The molecule has 27 heavy (non-hydrogen) atoms. The Bertz CT molecular complexity index is 630. The molecule has 148 valence electrons. The number of likely N-dealkylation sites (tertiary alicyclic amines) is 1. The number of aromatic nitrogens is 1. The lowest BCUT2D eigenvalue weighted by atomic mass is 10.0. The zero-order chi connectivity index (χ0) is 19.6. The fourth-order valence-electron chi connectivity index (χ4n) is 3.18. The van der Waals surface area contributed by atoms with Crippen LogP contribution in [-0.2, 0) is 20.9 Å². The molecule has 1 aliphatic heterocycles. The molecule has 8 heteroatoms. The van der Waals surface area contributed by atoms with Crippen LogP contribution in [0.2, 0.25) is 0 Å². The summed E-state index contributed by atoms with van der Waals surface area (Å²) in [7, 11) is 0. The van der Waals surface area contributed by atoms with E-state index in [1.807, 2.05) is 12.1 Å². The van der Waals surface area contributed by atoms with Crippen molar-refractivity contribution in [2.45, 2.75) is 45.7 Å². The molecule has 0 aliphatic carbocycles. The van der Waals surface area contributed by atoms with Crippen molar-refractivity contribution in [2.24, 2.45) is 0 Å². The largest absolute Gasteiger partial charge is 0.450 e. The molecule has 1 aromatic rings. The lowest BCUT2D eigenvalue weighted by Crippen LogP contribution is -2.49. The maximum atomic E-state index is 12.1. The van der Waals surface area contributed by atoms with Gasteiger partial charge in [-0.1, -0.05) is 0 Å². The van der Waals surface area contributed by atoms with Crippen molar-refractivity contribution in [3.63, 3.8) is 0 Å². The van der Waals surface area contributed by atoms with Gasteiger partial charge in [-0.05, 0) is 37.5 Å². The molecule has 1 aromatic heterocycles. The lowest BCUT2D eigenvalue weighted by molar-refractivity contribution is -0.132. The number of piperidine rings is 1. The van der Waals surface area contributed by atoms with Gasteiger partial charge in [-0.25, -0.2) is 4.79 Å². The molecule has 2 rings (SSSR count). The van der Waals surface area contributed by atoms with Crippen LogP contribution in [-0.4, -0.2) is 65.0 Å². The van der Waals surface area contributed by atoms with Crippen molar-refractivity contribution >= 4 is 17.9 Å². The number of carbonyl (C=O) groups is 3. The summed E-state index contributed by atoms with van der Waals surface area (Å²) in [6.45, 7) is 5.59. The Morgan fingerprint density at radius 3 is 2.52 bits per heavy atom. The molecule has 1 aliphatic rings. The first-order chi connectivity index (χ1) is 13.0. The van der Waals surface area contributed by atoms with Gasteiger partial charge in [0, 0.05) is 58.0 Å². The van der Waals surface area contributed by atoms with Crippen LogP contribution in [0.4, 0.5) is 4.79 Å². The molecule has 1 saturated heterocycles. The van der Waals surface area contributed by atoms with Crippen LogP contribution in [0.5, 0.6) is 0 Å². The molecule has 3 amide bonds. The average molecular weight is 376 g/mol. The predicted molar refractivity (Wildman–Crippen MR) is 99.7 cm³/mol. The van der Waals surface area contributed by atoms with Gasteiger partial charge >= 0.3 is 6.09 Å². The van der Waals surface area contributed by atoms with Crippen molar-refractivity contribution in [2.75, 3.05) is 26.2 Å². The second-order valence-corrected chi connectivity index (χ2v) is 6.51. The minimum Gasteiger partial charge on any atom is -0.450 e. The van der Waals surface area contributed by atoms with E-state index < -0.39 is 0 Å². The summed E-state index contributed by atoms with van der Waals surface area (Å²) in [6.07, 6.45) is 4.70. The Balaban J connectivity index is 1.77. The van der Waals surface area contributed by atoms with Crippen LogP contribution < -0.4 is 5.32 Å². The third-order valence-electron chi connectivity index (χ3n) is 4.65. The summed E-state index contributed by atoms with van der Waals surface area (Å²) in [5, 5.41) is 2.86. The summed E-state index contributed by atoms with van der Waals surface area (Å²) < 4.78 is 5.02. The van der Waals surface area contributed by atoms with Gasteiger partial charge < -0.3 is 19.9 Å². The summed E-state index contributed by atoms with van der Waals surface area (Å²) >= 11 is 0. The van der Waals surface area contributed by atoms with E-state index in [4.69, 9.17) is 4.74 Å². The molecule has 0 spiro atoms. The maximum Gasteiger partial charge on any atom is 0.409 e. The molecular weight excluding hydrogens is 348 g/mol. The van der Waals surface area contributed by atoms with E-state index in [0.717, 1.165) is 5.56 Å². The minimum atomic E-state index is -0.305. The van der Waals surface area contributed by atoms with Crippen molar-refractivity contribution in [3.8, 4) is 0 Å². The number of ether oxygens (including phenoxy) is 1. The lowest BCUT2D eigenvalue weighted by Gasteiger charge is -2.37. The van der Waals surface area contributed by atoms with Gasteiger partial charge in [0.1, 0.15) is 0 Å². The monoisotopic (exact) mass is 376 g/mol. The number of hydrogen-bond acceptors (Lipinski definition) is 5. The van der Waals surface area contributed by atoms with Crippen molar-refractivity contribution in [1.29, 1.82) is 0 Å². The fourth-order valence-corrected chi connectivity index (χ4v) is 3.18. The number of hydrogen-bond donors (Lipinski definition) is 1. The second kappa shape index (κ2) is 10.5. The van der Waals surface area contributed by atoms with Gasteiger partial charge in [0.05, 0.1) is 6.61 Å². The Hall–Kier alpha value is -2.64. The first-order valence-corrected chi connectivity index (χ1v) is 9.35. The van der Waals surface area contributed by atoms with Gasteiger partial charge in [-0.2, -0.15) is 0 Å². The number of rotatable bonds is 7. The second-order valence-electron chi connectivity index (χ2n) is 6.51. The van der Waals surface area contributed by atoms with Crippen LogP contribution in [0.15, 0.2) is 24.5 Å². The van der Waals surface area contributed by atoms with E-state index in [1.54, 1.807) is 29.1 Å². The minimum absolute atomic E-state index is 0.0428. The highest BCUT2D eigenvalue weighted by Crippen LogP contribution is 2.18. The quantitative estimate of drug-likeness (QED) is 0.780. The molecule has 1 fully saturated rings. The van der Waals surface area contributed by atoms with Crippen molar-refractivity contribution < 1.29 is 19.1 Å². The highest BCUT2D eigenvalue weighted by molar-refractivity contribution is 5.78. The molecule has 1 N–H and O–H groups in total. The third kappa shape index (κ3) is 6.54. The number of carbonyl (C=O) groups excluding carboxylic acids is 3. The molecule has 8 nitrogen and oxygen atoms in total. The van der Waals surface area contributed by atoms with Crippen LogP contribution >= 0.6 is 0 Å². The molecule has 0 unspecified atom stereocenters. The summed E-state index contributed by atoms with van der Waals surface area (Å²) in [4.78, 5) is 43.3.